The molecule has 0 fully saturated rings. The van der Waals surface area contributed by atoms with E-state index in [2.05, 4.69) is 0 Å². The standard InChI is InChI=1S/C20H38Cl4O8P2/c1-7-17(21)11-27-33(25,28-12-18(22)8-2)31-15(5)16(6)32-34(26,29-13-19(23)9-3)30-14-20(24)10-4/h17-20H,7-14H2,1-6H3/b16-15+/t17-,18-,19-,20-/m1/s1. The van der Waals surface area contributed by atoms with Crippen LogP contribution in [0.5, 0.6) is 0 Å². The lowest BCUT2D eigenvalue weighted by Gasteiger charge is -2.24. The normalized spacial score (nSPS) is 17.0. The first-order valence-corrected chi connectivity index (χ1v) is 15.9. The summed E-state index contributed by atoms with van der Waals surface area (Å²) in [7, 11) is -8.24. The molecule has 0 aliphatic carbocycles. The Balaban J connectivity index is 5.60. The number of alkyl halides is 4. The van der Waals surface area contributed by atoms with Gasteiger partial charge in [0.05, 0.1) is 47.9 Å². The molecule has 34 heavy (non-hydrogen) atoms. The molecule has 0 heterocycles. The summed E-state index contributed by atoms with van der Waals surface area (Å²) >= 11 is 24.3. The number of rotatable bonds is 20. The fourth-order valence-electron chi connectivity index (χ4n) is 1.80. The van der Waals surface area contributed by atoms with Gasteiger partial charge in [0.15, 0.2) is 0 Å². The molecule has 0 saturated carbocycles. The molecule has 4 atom stereocenters. The van der Waals surface area contributed by atoms with Crippen LogP contribution in [0.25, 0.3) is 0 Å². The largest absolute Gasteiger partial charge is 0.529 e. The molecule has 0 aromatic heterocycles. The summed E-state index contributed by atoms with van der Waals surface area (Å²) in [6.07, 6.45) is 2.34. The van der Waals surface area contributed by atoms with Gasteiger partial charge in [-0.1, -0.05) is 27.7 Å². The third kappa shape index (κ3) is 15.1. The molecule has 0 aliphatic heterocycles. The summed E-state index contributed by atoms with van der Waals surface area (Å²) in [6, 6.07) is 0. The maximum absolute atomic E-state index is 13.2. The van der Waals surface area contributed by atoms with E-state index in [9.17, 15) is 9.13 Å². The zero-order valence-electron chi connectivity index (χ0n) is 20.6. The van der Waals surface area contributed by atoms with Crippen molar-refractivity contribution in [3.8, 4) is 0 Å². The first kappa shape index (κ1) is 34.8. The Morgan fingerprint density at radius 3 is 0.941 bits per heavy atom. The minimum Gasteiger partial charge on any atom is -0.405 e. The molecule has 0 aromatic rings. The van der Waals surface area contributed by atoms with E-state index in [-0.39, 0.29) is 37.9 Å². The summed E-state index contributed by atoms with van der Waals surface area (Å²) in [5.41, 5.74) is 0. The van der Waals surface area contributed by atoms with Gasteiger partial charge in [-0.15, -0.1) is 46.4 Å². The second-order valence-electron chi connectivity index (χ2n) is 7.39. The minimum atomic E-state index is -4.12. The van der Waals surface area contributed by atoms with E-state index in [1.54, 1.807) is 0 Å². The molecule has 0 aromatic carbocycles. The Labute approximate surface area is 224 Å². The first-order valence-electron chi connectivity index (χ1n) is 11.2. The predicted octanol–water partition coefficient (Wildman–Crippen LogP) is 8.62. The van der Waals surface area contributed by atoms with E-state index in [0.717, 1.165) is 0 Å². The molecule has 0 bridgehead atoms. The van der Waals surface area contributed by atoms with Crippen molar-refractivity contribution in [2.45, 2.75) is 88.7 Å². The molecular formula is C20H38Cl4O8P2. The van der Waals surface area contributed by atoms with Crippen LogP contribution in [-0.2, 0) is 36.3 Å². The number of hydrogen-bond acceptors (Lipinski definition) is 8. The SMILES string of the molecule is CC[C@@H](Cl)COP(=O)(OC[C@H](Cl)CC)O/C(C)=C(\C)OP(=O)(OC[C@H](Cl)CC)OC[C@H](Cl)CC. The minimum absolute atomic E-state index is 0.0168. The van der Waals surface area contributed by atoms with E-state index in [4.69, 9.17) is 73.5 Å². The third-order valence-corrected chi connectivity index (χ3v) is 9.01. The highest BCUT2D eigenvalue weighted by atomic mass is 35.5. The van der Waals surface area contributed by atoms with Crippen molar-refractivity contribution in [1.29, 1.82) is 0 Å². The van der Waals surface area contributed by atoms with Gasteiger partial charge >= 0.3 is 15.6 Å². The van der Waals surface area contributed by atoms with E-state index < -0.39 is 37.2 Å². The lowest BCUT2D eigenvalue weighted by Crippen LogP contribution is -2.14. The van der Waals surface area contributed by atoms with E-state index in [1.165, 1.54) is 13.8 Å². The average Bonchev–Trinajstić information content (AvgIpc) is 2.82. The Morgan fingerprint density at radius 2 is 0.765 bits per heavy atom. The van der Waals surface area contributed by atoms with Crippen LogP contribution in [0.1, 0.15) is 67.2 Å². The Kier molecular flexibility index (Phi) is 18.5. The van der Waals surface area contributed by atoms with Crippen LogP contribution in [0.15, 0.2) is 11.5 Å². The van der Waals surface area contributed by atoms with Crippen LogP contribution in [0.4, 0.5) is 0 Å². The number of hydrogen-bond donors (Lipinski definition) is 0. The molecule has 204 valence electrons. The highest BCUT2D eigenvalue weighted by Gasteiger charge is 2.34. The molecule has 0 radical (unpaired) electrons. The van der Waals surface area contributed by atoms with Crippen molar-refractivity contribution in [3.63, 3.8) is 0 Å². The van der Waals surface area contributed by atoms with Crippen molar-refractivity contribution < 1.29 is 36.3 Å². The van der Waals surface area contributed by atoms with Crippen LogP contribution in [0.2, 0.25) is 0 Å². The topological polar surface area (TPSA) is 89.5 Å². The monoisotopic (exact) mass is 608 g/mol. The molecule has 0 spiro atoms. The number of phosphoric acid groups is 2. The third-order valence-electron chi connectivity index (χ3n) is 4.42. The van der Waals surface area contributed by atoms with Gasteiger partial charge in [0.1, 0.15) is 11.5 Å². The molecular weight excluding hydrogens is 572 g/mol. The van der Waals surface area contributed by atoms with Crippen molar-refractivity contribution in [1.82, 2.24) is 0 Å². The van der Waals surface area contributed by atoms with Crippen molar-refractivity contribution in [2.24, 2.45) is 0 Å². The molecule has 14 heteroatoms. The zero-order chi connectivity index (χ0) is 26.4. The predicted molar refractivity (Wildman–Crippen MR) is 139 cm³/mol. The molecule has 8 nitrogen and oxygen atoms in total. The fraction of sp³-hybridized carbons (Fsp3) is 0.900. The molecule has 0 saturated heterocycles. The quantitative estimate of drug-likeness (QED) is 0.0769. The van der Waals surface area contributed by atoms with Gasteiger partial charge in [-0.3, -0.25) is 18.1 Å². The summed E-state index contributed by atoms with van der Waals surface area (Å²) in [5, 5.41) is -1.59. The van der Waals surface area contributed by atoms with Crippen LogP contribution in [0, 0.1) is 0 Å². The maximum atomic E-state index is 13.2. The first-order chi connectivity index (χ1) is 15.8. The summed E-state index contributed by atoms with van der Waals surface area (Å²) in [5.74, 6) is -0.0336. The van der Waals surface area contributed by atoms with E-state index in [0.29, 0.717) is 25.7 Å². The van der Waals surface area contributed by atoms with Gasteiger partial charge in [-0.2, -0.15) is 0 Å². The van der Waals surface area contributed by atoms with Gasteiger partial charge in [0.2, 0.25) is 0 Å². The highest BCUT2D eigenvalue weighted by molar-refractivity contribution is 7.49. The van der Waals surface area contributed by atoms with Crippen LogP contribution >= 0.6 is 62.0 Å². The Morgan fingerprint density at radius 1 is 0.559 bits per heavy atom. The summed E-state index contributed by atoms with van der Waals surface area (Å²) < 4.78 is 58.9. The van der Waals surface area contributed by atoms with Crippen molar-refractivity contribution in [3.05, 3.63) is 11.5 Å². The lowest BCUT2D eigenvalue weighted by molar-refractivity contribution is 0.117. The molecule has 0 rings (SSSR count). The number of allylic oxidation sites excluding steroid dienone is 2. The van der Waals surface area contributed by atoms with Crippen LogP contribution in [0.3, 0.4) is 0 Å². The van der Waals surface area contributed by atoms with Gasteiger partial charge in [0.25, 0.3) is 0 Å². The van der Waals surface area contributed by atoms with Gasteiger partial charge in [-0.25, -0.2) is 9.13 Å². The second-order valence-corrected chi connectivity index (χ2v) is 13.1. The second kappa shape index (κ2) is 18.1. The molecule has 0 aliphatic rings. The van der Waals surface area contributed by atoms with Gasteiger partial charge in [-0.05, 0) is 39.5 Å². The number of phosphoric ester groups is 2. The van der Waals surface area contributed by atoms with Crippen molar-refractivity contribution >= 4 is 62.0 Å². The maximum Gasteiger partial charge on any atom is 0.529 e. The lowest BCUT2D eigenvalue weighted by atomic mass is 10.4. The highest BCUT2D eigenvalue weighted by Crippen LogP contribution is 2.55. The average molecular weight is 610 g/mol. The molecule has 0 N–H and O–H groups in total. The Hall–Kier alpha value is 0.800. The fourth-order valence-corrected chi connectivity index (χ4v) is 5.15. The summed E-state index contributed by atoms with van der Waals surface area (Å²) in [6.45, 7) is 10.0. The van der Waals surface area contributed by atoms with E-state index >= 15 is 0 Å². The van der Waals surface area contributed by atoms with Gasteiger partial charge < -0.3 is 9.05 Å². The molecule has 0 amide bonds. The number of halogens is 4. The van der Waals surface area contributed by atoms with Crippen LogP contribution < -0.4 is 0 Å². The van der Waals surface area contributed by atoms with Crippen LogP contribution in [-0.4, -0.2) is 47.9 Å². The van der Waals surface area contributed by atoms with Crippen molar-refractivity contribution in [2.75, 3.05) is 26.4 Å². The van der Waals surface area contributed by atoms with Gasteiger partial charge in [0, 0.05) is 0 Å². The smallest absolute Gasteiger partial charge is 0.405 e. The Bertz CT molecular complexity index is 605. The zero-order valence-corrected chi connectivity index (χ0v) is 25.5. The van der Waals surface area contributed by atoms with E-state index in [1.807, 2.05) is 27.7 Å². The molecule has 0 unspecified atom stereocenters. The summed E-state index contributed by atoms with van der Waals surface area (Å²) in [4.78, 5) is 0.